The Morgan fingerprint density at radius 2 is 2.29 bits per heavy atom. The molecule has 1 unspecified atom stereocenters. The second-order valence-electron chi connectivity index (χ2n) is 2.92. The molecule has 0 aliphatic heterocycles. The second kappa shape index (κ2) is 4.74. The number of carbonyl (C=O) groups is 1. The SMILES string of the molecule is COCc1cccc(C(O)C(=O)O)c1. The highest BCUT2D eigenvalue weighted by atomic mass is 16.5. The molecule has 14 heavy (non-hydrogen) atoms. The van der Waals surface area contributed by atoms with Gasteiger partial charge in [0.2, 0.25) is 0 Å². The molecule has 4 nitrogen and oxygen atoms in total. The van der Waals surface area contributed by atoms with Crippen LogP contribution in [-0.4, -0.2) is 23.3 Å². The van der Waals surface area contributed by atoms with Crippen molar-refractivity contribution in [2.24, 2.45) is 0 Å². The number of carboxylic acids is 1. The number of methoxy groups -OCH3 is 1. The lowest BCUT2D eigenvalue weighted by molar-refractivity contribution is -0.146. The Bertz CT molecular complexity index is 322. The molecule has 0 saturated heterocycles. The summed E-state index contributed by atoms with van der Waals surface area (Å²) in [5.41, 5.74) is 1.21. The largest absolute Gasteiger partial charge is 0.479 e. The van der Waals surface area contributed by atoms with Crippen molar-refractivity contribution in [3.05, 3.63) is 35.4 Å². The first-order valence-electron chi connectivity index (χ1n) is 4.14. The van der Waals surface area contributed by atoms with Crippen LogP contribution in [0, 0.1) is 0 Å². The zero-order valence-corrected chi connectivity index (χ0v) is 7.80. The van der Waals surface area contributed by atoms with Crippen LogP contribution in [0.3, 0.4) is 0 Å². The van der Waals surface area contributed by atoms with Gasteiger partial charge in [0.15, 0.2) is 6.10 Å². The Morgan fingerprint density at radius 1 is 1.57 bits per heavy atom. The van der Waals surface area contributed by atoms with Crippen LogP contribution >= 0.6 is 0 Å². The highest BCUT2D eigenvalue weighted by molar-refractivity contribution is 5.74. The summed E-state index contributed by atoms with van der Waals surface area (Å²) in [6.45, 7) is 0.403. The maximum Gasteiger partial charge on any atom is 0.337 e. The van der Waals surface area contributed by atoms with E-state index in [2.05, 4.69) is 0 Å². The van der Waals surface area contributed by atoms with Crippen molar-refractivity contribution in [3.63, 3.8) is 0 Å². The van der Waals surface area contributed by atoms with Gasteiger partial charge in [0.05, 0.1) is 6.61 Å². The van der Waals surface area contributed by atoms with Crippen LogP contribution in [0.25, 0.3) is 0 Å². The Hall–Kier alpha value is -1.39. The third kappa shape index (κ3) is 2.55. The van der Waals surface area contributed by atoms with Crippen molar-refractivity contribution in [2.75, 3.05) is 7.11 Å². The summed E-state index contributed by atoms with van der Waals surface area (Å²) in [5, 5.41) is 17.8. The monoisotopic (exact) mass is 196 g/mol. The topological polar surface area (TPSA) is 66.8 Å². The van der Waals surface area contributed by atoms with E-state index in [0.29, 0.717) is 12.2 Å². The zero-order chi connectivity index (χ0) is 10.6. The summed E-state index contributed by atoms with van der Waals surface area (Å²) in [4.78, 5) is 10.5. The van der Waals surface area contributed by atoms with E-state index >= 15 is 0 Å². The molecule has 0 aliphatic rings. The Morgan fingerprint density at radius 3 is 2.86 bits per heavy atom. The van der Waals surface area contributed by atoms with Gasteiger partial charge in [-0.3, -0.25) is 0 Å². The first-order valence-corrected chi connectivity index (χ1v) is 4.14. The number of carboxylic acid groups (broad SMARTS) is 1. The Balaban J connectivity index is 2.87. The van der Waals surface area contributed by atoms with Gasteiger partial charge in [-0.15, -0.1) is 0 Å². The van der Waals surface area contributed by atoms with Crippen molar-refractivity contribution in [3.8, 4) is 0 Å². The molecular formula is C10H12O4. The van der Waals surface area contributed by atoms with E-state index in [1.54, 1.807) is 25.3 Å². The molecule has 1 aromatic rings. The van der Waals surface area contributed by atoms with Gasteiger partial charge in [0, 0.05) is 7.11 Å². The molecule has 1 aromatic carbocycles. The molecule has 0 saturated carbocycles. The lowest BCUT2D eigenvalue weighted by Crippen LogP contribution is -2.10. The van der Waals surface area contributed by atoms with Crippen molar-refractivity contribution < 1.29 is 19.7 Å². The molecule has 1 atom stereocenters. The van der Waals surface area contributed by atoms with E-state index in [4.69, 9.17) is 9.84 Å². The smallest absolute Gasteiger partial charge is 0.337 e. The Kier molecular flexibility index (Phi) is 3.62. The Labute approximate surface area is 81.8 Å². The summed E-state index contributed by atoms with van der Waals surface area (Å²) in [6, 6.07) is 6.68. The molecule has 2 N–H and O–H groups in total. The molecule has 76 valence electrons. The number of aliphatic carboxylic acids is 1. The van der Waals surface area contributed by atoms with E-state index in [9.17, 15) is 9.90 Å². The van der Waals surface area contributed by atoms with Crippen LogP contribution in [0.5, 0.6) is 0 Å². The first kappa shape index (κ1) is 10.7. The molecule has 4 heteroatoms. The second-order valence-corrected chi connectivity index (χ2v) is 2.92. The zero-order valence-electron chi connectivity index (χ0n) is 7.80. The number of benzene rings is 1. The van der Waals surface area contributed by atoms with Crippen LogP contribution in [0.1, 0.15) is 17.2 Å². The predicted octanol–water partition coefficient (Wildman–Crippen LogP) is 0.951. The molecule has 0 aliphatic carbocycles. The molecular weight excluding hydrogens is 184 g/mol. The fourth-order valence-corrected chi connectivity index (χ4v) is 1.16. The minimum Gasteiger partial charge on any atom is -0.479 e. The quantitative estimate of drug-likeness (QED) is 0.752. The fourth-order valence-electron chi connectivity index (χ4n) is 1.16. The standard InChI is InChI=1S/C10H12O4/c1-14-6-7-3-2-4-8(5-7)9(11)10(12)13/h2-5,9,11H,6H2,1H3,(H,12,13). The van der Waals surface area contributed by atoms with Gasteiger partial charge in [-0.05, 0) is 11.1 Å². The van der Waals surface area contributed by atoms with Crippen molar-refractivity contribution in [2.45, 2.75) is 12.7 Å². The number of hydrogen-bond donors (Lipinski definition) is 2. The van der Waals surface area contributed by atoms with Crippen LogP contribution in [0.4, 0.5) is 0 Å². The lowest BCUT2D eigenvalue weighted by atomic mass is 10.1. The number of aliphatic hydroxyl groups is 1. The third-order valence-corrected chi connectivity index (χ3v) is 1.81. The van der Waals surface area contributed by atoms with E-state index < -0.39 is 12.1 Å². The van der Waals surface area contributed by atoms with Crippen LogP contribution < -0.4 is 0 Å². The van der Waals surface area contributed by atoms with Crippen LogP contribution in [-0.2, 0) is 16.1 Å². The van der Waals surface area contributed by atoms with Crippen molar-refractivity contribution in [1.82, 2.24) is 0 Å². The third-order valence-electron chi connectivity index (χ3n) is 1.81. The number of rotatable bonds is 4. The molecule has 0 radical (unpaired) electrons. The normalized spacial score (nSPS) is 12.4. The highest BCUT2D eigenvalue weighted by Crippen LogP contribution is 2.15. The van der Waals surface area contributed by atoms with E-state index in [1.165, 1.54) is 0 Å². The highest BCUT2D eigenvalue weighted by Gasteiger charge is 2.15. The van der Waals surface area contributed by atoms with Gasteiger partial charge in [-0.25, -0.2) is 4.79 Å². The van der Waals surface area contributed by atoms with Gasteiger partial charge in [-0.2, -0.15) is 0 Å². The molecule has 1 rings (SSSR count). The average molecular weight is 196 g/mol. The predicted molar refractivity (Wildman–Crippen MR) is 49.8 cm³/mol. The summed E-state index contributed by atoms with van der Waals surface area (Å²) in [5.74, 6) is -1.25. The maximum atomic E-state index is 10.5. The number of aliphatic hydroxyl groups excluding tert-OH is 1. The average Bonchev–Trinajstić information content (AvgIpc) is 2.17. The molecule has 0 aromatic heterocycles. The lowest BCUT2D eigenvalue weighted by Gasteiger charge is -2.07. The van der Waals surface area contributed by atoms with Crippen molar-refractivity contribution in [1.29, 1.82) is 0 Å². The van der Waals surface area contributed by atoms with Crippen LogP contribution in [0.15, 0.2) is 24.3 Å². The van der Waals surface area contributed by atoms with Crippen molar-refractivity contribution >= 4 is 5.97 Å². The first-order chi connectivity index (χ1) is 6.65. The van der Waals surface area contributed by atoms with E-state index in [1.807, 2.05) is 6.07 Å². The summed E-state index contributed by atoms with van der Waals surface area (Å²) in [7, 11) is 1.56. The fraction of sp³-hybridized carbons (Fsp3) is 0.300. The van der Waals surface area contributed by atoms with Gasteiger partial charge in [0.1, 0.15) is 0 Å². The van der Waals surface area contributed by atoms with Gasteiger partial charge >= 0.3 is 5.97 Å². The minimum atomic E-state index is -1.47. The number of hydrogen-bond acceptors (Lipinski definition) is 3. The molecule has 0 fully saturated rings. The van der Waals surface area contributed by atoms with Gasteiger partial charge in [0.25, 0.3) is 0 Å². The van der Waals surface area contributed by atoms with Crippen LogP contribution in [0.2, 0.25) is 0 Å². The molecule has 0 amide bonds. The van der Waals surface area contributed by atoms with E-state index in [0.717, 1.165) is 5.56 Å². The maximum absolute atomic E-state index is 10.5. The summed E-state index contributed by atoms with van der Waals surface area (Å²) >= 11 is 0. The minimum absolute atomic E-state index is 0.368. The summed E-state index contributed by atoms with van der Waals surface area (Å²) < 4.78 is 4.89. The van der Waals surface area contributed by atoms with Gasteiger partial charge in [-0.1, -0.05) is 24.3 Å². The molecule has 0 heterocycles. The van der Waals surface area contributed by atoms with E-state index in [-0.39, 0.29) is 0 Å². The number of ether oxygens (including phenoxy) is 1. The summed E-state index contributed by atoms with van der Waals surface area (Å²) in [6.07, 6.45) is -1.47. The molecule has 0 bridgehead atoms. The van der Waals surface area contributed by atoms with Gasteiger partial charge < -0.3 is 14.9 Å². The molecule has 0 spiro atoms.